The molecule has 35 heavy (non-hydrogen) atoms. The summed E-state index contributed by atoms with van der Waals surface area (Å²) < 4.78 is 38.8. The van der Waals surface area contributed by atoms with Crippen LogP contribution in [0.5, 0.6) is 5.75 Å². The first-order chi connectivity index (χ1) is 16.8. The molecule has 0 unspecified atom stereocenters. The summed E-state index contributed by atoms with van der Waals surface area (Å²) in [7, 11) is -3.77. The fourth-order valence-electron chi connectivity index (χ4n) is 3.93. The molecular formula is C25H24N4O5S. The molecule has 1 aliphatic heterocycles. The van der Waals surface area contributed by atoms with Crippen LogP contribution in [-0.2, 0) is 14.8 Å². The highest BCUT2D eigenvalue weighted by atomic mass is 32.2. The zero-order valence-electron chi connectivity index (χ0n) is 19.3. The van der Waals surface area contributed by atoms with Crippen molar-refractivity contribution in [3.05, 3.63) is 77.4 Å². The fourth-order valence-corrected chi connectivity index (χ4v) is 5.59. The van der Waals surface area contributed by atoms with Gasteiger partial charge in [0, 0.05) is 13.1 Å². The summed E-state index contributed by atoms with van der Waals surface area (Å²) in [5, 5.41) is 8.99. The van der Waals surface area contributed by atoms with Crippen molar-refractivity contribution < 1.29 is 22.7 Å². The predicted octanol–water partition coefficient (Wildman–Crippen LogP) is 3.28. The molecule has 0 aliphatic carbocycles. The molecule has 0 saturated carbocycles. The molecule has 0 atom stereocenters. The second-order valence-electron chi connectivity index (χ2n) is 8.34. The van der Waals surface area contributed by atoms with E-state index < -0.39 is 16.0 Å². The summed E-state index contributed by atoms with van der Waals surface area (Å²) in [6.45, 7) is 4.85. The highest BCUT2D eigenvalue weighted by molar-refractivity contribution is 7.89. The molecule has 1 saturated heterocycles. The Kier molecular flexibility index (Phi) is 6.10. The van der Waals surface area contributed by atoms with Crippen molar-refractivity contribution in [2.24, 2.45) is 0 Å². The number of benzene rings is 3. The first kappa shape index (κ1) is 23.2. The monoisotopic (exact) mass is 492 g/mol. The molecule has 0 radical (unpaired) electrons. The Morgan fingerprint density at radius 3 is 2.31 bits per heavy atom. The summed E-state index contributed by atoms with van der Waals surface area (Å²) in [5.41, 5.74) is 3.55. The van der Waals surface area contributed by atoms with Crippen molar-refractivity contribution in [2.45, 2.75) is 18.7 Å². The van der Waals surface area contributed by atoms with Gasteiger partial charge in [-0.15, -0.1) is 15.0 Å². The number of esters is 1. The minimum atomic E-state index is -3.77. The third kappa shape index (κ3) is 4.55. The molecular weight excluding hydrogens is 468 g/mol. The summed E-state index contributed by atoms with van der Waals surface area (Å²) in [6, 6.07) is 17.3. The van der Waals surface area contributed by atoms with Crippen LogP contribution in [0.1, 0.15) is 21.5 Å². The van der Waals surface area contributed by atoms with Crippen LogP contribution in [0.15, 0.2) is 65.6 Å². The van der Waals surface area contributed by atoms with Gasteiger partial charge in [-0.05, 0) is 61.4 Å². The number of sulfonamides is 1. The molecule has 5 rings (SSSR count). The Labute approximate surface area is 202 Å². The molecule has 2 heterocycles. The van der Waals surface area contributed by atoms with Crippen LogP contribution in [-0.4, -0.2) is 60.0 Å². The number of nitrogens with zero attached hydrogens (tertiary/aromatic N) is 4. The van der Waals surface area contributed by atoms with Gasteiger partial charge >= 0.3 is 5.97 Å². The summed E-state index contributed by atoms with van der Waals surface area (Å²) >= 11 is 0. The van der Waals surface area contributed by atoms with E-state index in [1.807, 2.05) is 43.3 Å². The summed E-state index contributed by atoms with van der Waals surface area (Å²) in [6.07, 6.45) is 0. The van der Waals surface area contributed by atoms with Crippen molar-refractivity contribution in [3.63, 3.8) is 0 Å². The van der Waals surface area contributed by atoms with Crippen LogP contribution in [0.2, 0.25) is 0 Å². The molecule has 1 fully saturated rings. The Hall–Kier alpha value is -3.60. The zero-order chi connectivity index (χ0) is 24.6. The maximum Gasteiger partial charge on any atom is 0.343 e. The van der Waals surface area contributed by atoms with E-state index in [4.69, 9.17) is 9.47 Å². The Bertz CT molecular complexity index is 1490. The van der Waals surface area contributed by atoms with Gasteiger partial charge in [0.1, 0.15) is 16.7 Å². The van der Waals surface area contributed by atoms with Crippen LogP contribution in [0, 0.1) is 13.8 Å². The van der Waals surface area contributed by atoms with E-state index in [0.29, 0.717) is 35.5 Å². The van der Waals surface area contributed by atoms with Crippen LogP contribution in [0.25, 0.3) is 16.7 Å². The van der Waals surface area contributed by atoms with Crippen molar-refractivity contribution >= 4 is 27.0 Å². The van der Waals surface area contributed by atoms with E-state index in [1.54, 1.807) is 25.1 Å². The number of aryl methyl sites for hydroxylation is 2. The number of ether oxygens (including phenoxy) is 2. The van der Waals surface area contributed by atoms with E-state index in [1.165, 1.54) is 15.2 Å². The average molecular weight is 493 g/mol. The van der Waals surface area contributed by atoms with Crippen molar-refractivity contribution in [2.75, 3.05) is 26.3 Å². The zero-order valence-corrected chi connectivity index (χ0v) is 20.2. The number of morpholine rings is 1. The van der Waals surface area contributed by atoms with Crippen LogP contribution in [0.3, 0.4) is 0 Å². The average Bonchev–Trinajstić information content (AvgIpc) is 3.30. The van der Waals surface area contributed by atoms with Gasteiger partial charge in [0.05, 0.1) is 23.7 Å². The van der Waals surface area contributed by atoms with Gasteiger partial charge in [0.15, 0.2) is 5.75 Å². The minimum absolute atomic E-state index is 0.0815. The van der Waals surface area contributed by atoms with E-state index in [9.17, 15) is 13.2 Å². The number of carbonyl (C=O) groups excluding carboxylic acids is 1. The predicted molar refractivity (Wildman–Crippen MR) is 129 cm³/mol. The van der Waals surface area contributed by atoms with Gasteiger partial charge in [0.25, 0.3) is 0 Å². The molecule has 1 aliphatic rings. The maximum atomic E-state index is 13.2. The number of hydrogen-bond acceptors (Lipinski definition) is 7. The van der Waals surface area contributed by atoms with E-state index >= 15 is 0 Å². The maximum absolute atomic E-state index is 13.2. The normalized spacial score (nSPS) is 14.8. The van der Waals surface area contributed by atoms with Gasteiger partial charge in [-0.2, -0.15) is 4.31 Å². The molecule has 3 aromatic carbocycles. The standard InChI is InChI=1S/C25H24N4O5S/c1-17-7-10-23(22(15-17)29-26-20-5-3-4-6-21(20)27-29)34-25(30)19-9-8-18(2)24(16-19)35(31,32)28-11-13-33-14-12-28/h3-10,15-16H,11-14H2,1-2H3. The second-order valence-corrected chi connectivity index (χ2v) is 10.2. The van der Waals surface area contributed by atoms with Gasteiger partial charge in [-0.1, -0.05) is 24.3 Å². The number of hydrogen-bond donors (Lipinski definition) is 0. The van der Waals surface area contributed by atoms with Gasteiger partial charge < -0.3 is 9.47 Å². The lowest BCUT2D eigenvalue weighted by molar-refractivity contribution is 0.0727. The third-order valence-electron chi connectivity index (χ3n) is 5.83. The number of carbonyl (C=O) groups is 1. The molecule has 180 valence electrons. The second kappa shape index (κ2) is 9.21. The van der Waals surface area contributed by atoms with Crippen LogP contribution < -0.4 is 4.74 Å². The summed E-state index contributed by atoms with van der Waals surface area (Å²) in [5.74, 6) is -0.413. The number of aromatic nitrogens is 3. The van der Waals surface area contributed by atoms with E-state index in [-0.39, 0.29) is 29.3 Å². The quantitative estimate of drug-likeness (QED) is 0.311. The lowest BCUT2D eigenvalue weighted by Gasteiger charge is -2.26. The third-order valence-corrected chi connectivity index (χ3v) is 7.87. The minimum Gasteiger partial charge on any atom is -0.421 e. The summed E-state index contributed by atoms with van der Waals surface area (Å²) in [4.78, 5) is 14.6. The molecule has 0 N–H and O–H groups in total. The van der Waals surface area contributed by atoms with Crippen molar-refractivity contribution in [1.29, 1.82) is 0 Å². The molecule has 1 aromatic heterocycles. The van der Waals surface area contributed by atoms with Crippen LogP contribution >= 0.6 is 0 Å². The van der Waals surface area contributed by atoms with Gasteiger partial charge in [-0.3, -0.25) is 0 Å². The smallest absolute Gasteiger partial charge is 0.343 e. The lowest BCUT2D eigenvalue weighted by atomic mass is 10.1. The van der Waals surface area contributed by atoms with Gasteiger partial charge in [0.2, 0.25) is 10.0 Å². The highest BCUT2D eigenvalue weighted by Crippen LogP contribution is 2.27. The molecule has 0 bridgehead atoms. The topological polar surface area (TPSA) is 104 Å². The molecule has 10 heteroatoms. The van der Waals surface area contributed by atoms with Gasteiger partial charge in [-0.25, -0.2) is 13.2 Å². The Morgan fingerprint density at radius 2 is 1.63 bits per heavy atom. The fraction of sp³-hybridized carbons (Fsp3) is 0.240. The molecule has 0 amide bonds. The van der Waals surface area contributed by atoms with E-state index in [2.05, 4.69) is 10.2 Å². The first-order valence-electron chi connectivity index (χ1n) is 11.2. The molecule has 9 nitrogen and oxygen atoms in total. The Morgan fingerprint density at radius 1 is 0.943 bits per heavy atom. The first-order valence-corrected chi connectivity index (χ1v) is 12.6. The van der Waals surface area contributed by atoms with Crippen molar-refractivity contribution in [1.82, 2.24) is 19.3 Å². The molecule has 4 aromatic rings. The lowest BCUT2D eigenvalue weighted by Crippen LogP contribution is -2.40. The number of rotatable bonds is 5. The van der Waals surface area contributed by atoms with Crippen molar-refractivity contribution in [3.8, 4) is 11.4 Å². The van der Waals surface area contributed by atoms with Crippen LogP contribution in [0.4, 0.5) is 0 Å². The SMILES string of the molecule is Cc1ccc(OC(=O)c2ccc(C)c(S(=O)(=O)N3CCOCC3)c2)c(-n2nc3ccccc3n2)c1. The molecule has 0 spiro atoms. The van der Waals surface area contributed by atoms with E-state index in [0.717, 1.165) is 5.56 Å². The number of fused-ring (bicyclic) bond motifs is 1. The Balaban J connectivity index is 1.47. The highest BCUT2D eigenvalue weighted by Gasteiger charge is 2.29. The largest absolute Gasteiger partial charge is 0.421 e.